The Kier molecular flexibility index (Phi) is 5.55. The molecule has 4 aromatic rings. The fourth-order valence-electron chi connectivity index (χ4n) is 3.69. The number of carbonyl (C=O) groups is 1. The number of amides is 1. The molecule has 1 aliphatic heterocycles. The van der Waals surface area contributed by atoms with E-state index in [-0.39, 0.29) is 5.91 Å². The molecule has 4 heterocycles. The summed E-state index contributed by atoms with van der Waals surface area (Å²) in [5, 5.41) is 2.67. The maximum absolute atomic E-state index is 12.0. The quantitative estimate of drug-likeness (QED) is 0.513. The van der Waals surface area contributed by atoms with Crippen molar-refractivity contribution in [2.24, 2.45) is 0 Å². The number of hydrogen-bond donors (Lipinski definition) is 1. The van der Waals surface area contributed by atoms with Crippen molar-refractivity contribution in [1.29, 1.82) is 0 Å². The van der Waals surface area contributed by atoms with Crippen molar-refractivity contribution in [3.8, 4) is 11.5 Å². The Morgan fingerprint density at radius 1 is 0.909 bits per heavy atom. The first kappa shape index (κ1) is 20.4. The van der Waals surface area contributed by atoms with Crippen LogP contribution in [-0.2, 0) is 13.1 Å². The van der Waals surface area contributed by atoms with Crippen LogP contribution in [0.2, 0.25) is 0 Å². The van der Waals surface area contributed by atoms with Crippen LogP contribution < -0.4 is 10.2 Å². The molecule has 0 radical (unpaired) electrons. The van der Waals surface area contributed by atoms with Crippen LogP contribution >= 0.6 is 0 Å². The van der Waals surface area contributed by atoms with Gasteiger partial charge in [0.2, 0.25) is 5.95 Å². The zero-order chi connectivity index (χ0) is 22.6. The second kappa shape index (κ2) is 8.96. The Morgan fingerprint density at radius 2 is 1.73 bits per heavy atom. The van der Waals surface area contributed by atoms with Crippen molar-refractivity contribution in [3.63, 3.8) is 0 Å². The molecule has 8 nitrogen and oxygen atoms in total. The van der Waals surface area contributed by atoms with Crippen LogP contribution in [0, 0.1) is 0 Å². The van der Waals surface area contributed by atoms with Gasteiger partial charge in [-0.2, -0.15) is 0 Å². The lowest BCUT2D eigenvalue weighted by Crippen LogP contribution is -2.18. The molecular weight excluding hydrogens is 414 g/mol. The van der Waals surface area contributed by atoms with E-state index in [9.17, 15) is 4.79 Å². The van der Waals surface area contributed by atoms with E-state index in [2.05, 4.69) is 30.2 Å². The second-order valence-corrected chi connectivity index (χ2v) is 7.58. The summed E-state index contributed by atoms with van der Waals surface area (Å²) in [4.78, 5) is 36.3. The Bertz CT molecular complexity index is 1340. The normalized spacial score (nSPS) is 12.7. The average molecular weight is 435 g/mol. The maximum Gasteiger partial charge on any atom is 0.251 e. The highest BCUT2D eigenvalue weighted by Crippen LogP contribution is 2.27. The van der Waals surface area contributed by atoms with E-state index >= 15 is 0 Å². The lowest BCUT2D eigenvalue weighted by Gasteiger charge is -2.15. The number of pyridine rings is 1. The molecule has 0 saturated carbocycles. The molecular formula is C25H21N7O. The average Bonchev–Trinajstić information content (AvgIpc) is 3.31. The number of fused-ring (bicyclic) bond motifs is 1. The monoisotopic (exact) mass is 435 g/mol. The van der Waals surface area contributed by atoms with Gasteiger partial charge in [-0.15, -0.1) is 0 Å². The Balaban J connectivity index is 1.37. The Labute approximate surface area is 191 Å². The number of anilines is 1. The van der Waals surface area contributed by atoms with Crippen molar-refractivity contribution in [2.75, 3.05) is 11.9 Å². The van der Waals surface area contributed by atoms with Crippen LogP contribution in [0.15, 0.2) is 67.3 Å². The van der Waals surface area contributed by atoms with Gasteiger partial charge in [0.05, 0.1) is 5.69 Å². The fraction of sp³-hybridized carbons (Fsp3) is 0.120. The van der Waals surface area contributed by atoms with Crippen molar-refractivity contribution in [3.05, 3.63) is 95.2 Å². The van der Waals surface area contributed by atoms with Crippen molar-refractivity contribution < 1.29 is 4.79 Å². The summed E-state index contributed by atoms with van der Waals surface area (Å²) < 4.78 is 0. The van der Waals surface area contributed by atoms with E-state index in [0.717, 1.165) is 22.4 Å². The summed E-state index contributed by atoms with van der Waals surface area (Å²) in [5.41, 5.74) is 5.40. The molecule has 0 bridgehead atoms. The van der Waals surface area contributed by atoms with Crippen LogP contribution in [0.1, 0.15) is 32.7 Å². The van der Waals surface area contributed by atoms with Gasteiger partial charge in [-0.25, -0.2) is 19.9 Å². The maximum atomic E-state index is 12.0. The SMILES string of the molecule is CNC(=O)c1ccc2c(c1)CN(c1nccc(-c3nccc(/C=C/c4ccncc4)n3)n1)C2. The summed E-state index contributed by atoms with van der Waals surface area (Å²) >= 11 is 0. The number of hydrogen-bond acceptors (Lipinski definition) is 7. The number of benzene rings is 1. The minimum atomic E-state index is -0.0930. The molecule has 3 aromatic heterocycles. The van der Waals surface area contributed by atoms with Crippen LogP contribution in [-0.4, -0.2) is 37.9 Å². The highest BCUT2D eigenvalue weighted by Gasteiger charge is 2.23. The van der Waals surface area contributed by atoms with Crippen LogP contribution in [0.25, 0.3) is 23.7 Å². The van der Waals surface area contributed by atoms with Gasteiger partial charge in [0, 0.05) is 50.5 Å². The van der Waals surface area contributed by atoms with E-state index in [1.165, 1.54) is 0 Å². The fourth-order valence-corrected chi connectivity index (χ4v) is 3.69. The van der Waals surface area contributed by atoms with Gasteiger partial charge in [-0.3, -0.25) is 9.78 Å². The van der Waals surface area contributed by atoms with E-state index in [0.29, 0.717) is 36.1 Å². The van der Waals surface area contributed by atoms with Crippen molar-refractivity contribution >= 4 is 24.0 Å². The Morgan fingerprint density at radius 3 is 2.58 bits per heavy atom. The second-order valence-electron chi connectivity index (χ2n) is 7.58. The third-order valence-corrected chi connectivity index (χ3v) is 5.40. The first-order valence-corrected chi connectivity index (χ1v) is 10.5. The van der Waals surface area contributed by atoms with E-state index in [1.807, 2.05) is 54.6 Å². The first-order chi connectivity index (χ1) is 16.2. The van der Waals surface area contributed by atoms with Crippen LogP contribution in [0.4, 0.5) is 5.95 Å². The van der Waals surface area contributed by atoms with E-state index < -0.39 is 0 Å². The van der Waals surface area contributed by atoms with E-state index in [1.54, 1.807) is 31.8 Å². The van der Waals surface area contributed by atoms with Gasteiger partial charge >= 0.3 is 0 Å². The van der Waals surface area contributed by atoms with Gasteiger partial charge in [-0.1, -0.05) is 12.1 Å². The molecule has 1 aromatic carbocycles. The molecule has 0 saturated heterocycles. The van der Waals surface area contributed by atoms with Crippen molar-refractivity contribution in [1.82, 2.24) is 30.2 Å². The molecule has 33 heavy (non-hydrogen) atoms. The highest BCUT2D eigenvalue weighted by molar-refractivity contribution is 5.94. The summed E-state index contributed by atoms with van der Waals surface area (Å²) in [6.07, 6.45) is 10.9. The molecule has 5 rings (SSSR count). The molecule has 8 heteroatoms. The Hall–Kier alpha value is -4.46. The third-order valence-electron chi connectivity index (χ3n) is 5.40. The lowest BCUT2D eigenvalue weighted by atomic mass is 10.1. The molecule has 0 fully saturated rings. The van der Waals surface area contributed by atoms with Gasteiger partial charge in [0.15, 0.2) is 5.82 Å². The summed E-state index contributed by atoms with van der Waals surface area (Å²) in [6, 6.07) is 13.3. The summed E-state index contributed by atoms with van der Waals surface area (Å²) in [6.45, 7) is 1.32. The number of rotatable bonds is 5. The summed E-state index contributed by atoms with van der Waals surface area (Å²) in [7, 11) is 1.63. The minimum Gasteiger partial charge on any atom is -0.355 e. The zero-order valence-electron chi connectivity index (χ0n) is 18.0. The number of nitrogens with zero attached hydrogens (tertiary/aromatic N) is 6. The van der Waals surface area contributed by atoms with Gasteiger partial charge in [-0.05, 0) is 59.2 Å². The molecule has 0 aliphatic carbocycles. The van der Waals surface area contributed by atoms with Crippen LogP contribution in [0.3, 0.4) is 0 Å². The van der Waals surface area contributed by atoms with Crippen LogP contribution in [0.5, 0.6) is 0 Å². The van der Waals surface area contributed by atoms with Gasteiger partial charge < -0.3 is 10.2 Å². The van der Waals surface area contributed by atoms with E-state index in [4.69, 9.17) is 4.98 Å². The lowest BCUT2D eigenvalue weighted by molar-refractivity contribution is 0.0963. The van der Waals surface area contributed by atoms with Gasteiger partial charge in [0.25, 0.3) is 5.91 Å². The largest absolute Gasteiger partial charge is 0.355 e. The number of aromatic nitrogens is 5. The number of nitrogens with one attached hydrogen (secondary N) is 1. The highest BCUT2D eigenvalue weighted by atomic mass is 16.1. The predicted molar refractivity (Wildman–Crippen MR) is 126 cm³/mol. The standard InChI is InChI=1S/C25H21N7O/c1-26-24(33)18-3-4-19-15-32(16-20(19)14-18)25-29-13-9-22(31-25)23-28-12-8-21(30-23)5-2-17-6-10-27-11-7-17/h2-14H,15-16H2,1H3,(H,26,33)/b5-2+. The zero-order valence-corrected chi connectivity index (χ0v) is 18.0. The van der Waals surface area contributed by atoms with Gasteiger partial charge in [0.1, 0.15) is 5.69 Å². The van der Waals surface area contributed by atoms with Crippen molar-refractivity contribution in [2.45, 2.75) is 13.1 Å². The molecule has 1 amide bonds. The molecule has 162 valence electrons. The molecule has 0 spiro atoms. The first-order valence-electron chi connectivity index (χ1n) is 10.5. The minimum absolute atomic E-state index is 0.0930. The molecule has 1 aliphatic rings. The topological polar surface area (TPSA) is 96.8 Å². The third kappa shape index (κ3) is 4.45. The smallest absolute Gasteiger partial charge is 0.251 e. The number of carbonyl (C=O) groups excluding carboxylic acids is 1. The molecule has 0 unspecified atom stereocenters. The molecule has 1 N–H and O–H groups in total. The molecule has 0 atom stereocenters. The predicted octanol–water partition coefficient (Wildman–Crippen LogP) is 3.38. The summed E-state index contributed by atoms with van der Waals surface area (Å²) in [5.74, 6) is 1.05.